The summed E-state index contributed by atoms with van der Waals surface area (Å²) in [6, 6.07) is 8.28. The third-order valence-corrected chi connectivity index (χ3v) is 3.95. The lowest BCUT2D eigenvalue weighted by atomic mass is 9.91. The van der Waals surface area contributed by atoms with E-state index < -0.39 is 0 Å². The third kappa shape index (κ3) is 1.16. The summed E-state index contributed by atoms with van der Waals surface area (Å²) in [5.74, 6) is 0. The van der Waals surface area contributed by atoms with Crippen LogP contribution in [0.5, 0.6) is 0 Å². The lowest BCUT2D eigenvalue weighted by Gasteiger charge is -2.16. The molecule has 4 rings (SSSR count). The van der Waals surface area contributed by atoms with Gasteiger partial charge in [0.15, 0.2) is 0 Å². The van der Waals surface area contributed by atoms with Crippen molar-refractivity contribution in [1.82, 2.24) is 0 Å². The van der Waals surface area contributed by atoms with Crippen LogP contribution in [0, 0.1) is 0 Å². The van der Waals surface area contributed by atoms with Gasteiger partial charge in [0.2, 0.25) is 0 Å². The van der Waals surface area contributed by atoms with Crippen molar-refractivity contribution in [3.63, 3.8) is 0 Å². The van der Waals surface area contributed by atoms with Crippen LogP contribution in [-0.4, -0.2) is 11.2 Å². The second-order valence-electron chi connectivity index (χ2n) is 4.86. The van der Waals surface area contributed by atoms with Gasteiger partial charge in [-0.2, -0.15) is 0 Å². The molecule has 0 saturated heterocycles. The van der Waals surface area contributed by atoms with Crippen LogP contribution in [0.4, 0.5) is 0 Å². The van der Waals surface area contributed by atoms with Crippen LogP contribution in [0.25, 0.3) is 5.57 Å². The fourth-order valence-electron chi connectivity index (χ4n) is 3.14. The number of fused-ring (bicyclic) bond motifs is 3. The largest absolute Gasteiger partial charge is 0.389 e. The maximum Gasteiger partial charge on any atom is 0.0762 e. The second-order valence-corrected chi connectivity index (χ2v) is 4.86. The van der Waals surface area contributed by atoms with Crippen molar-refractivity contribution in [3.8, 4) is 0 Å². The Morgan fingerprint density at radius 1 is 1.24 bits per heavy atom. The van der Waals surface area contributed by atoms with Gasteiger partial charge in [-0.3, -0.25) is 0 Å². The normalized spacial score (nSPS) is 25.1. The Bertz CT molecular complexity index is 694. The van der Waals surface area contributed by atoms with Crippen LogP contribution >= 0.6 is 0 Å². The quantitative estimate of drug-likeness (QED) is 0.704. The van der Waals surface area contributed by atoms with Crippen molar-refractivity contribution in [2.75, 3.05) is 0 Å². The number of aliphatic hydroxyl groups excluding tert-OH is 1. The molecule has 17 heavy (non-hydrogen) atoms. The number of hydrogen-bond acceptors (Lipinski definition) is 2. The molecule has 2 aliphatic carbocycles. The van der Waals surface area contributed by atoms with Crippen LogP contribution in [0.3, 0.4) is 0 Å². The monoisotopic (exact) mass is 223 g/mol. The van der Waals surface area contributed by atoms with Gasteiger partial charge in [-0.15, -0.1) is 0 Å². The van der Waals surface area contributed by atoms with Crippen LogP contribution in [0.1, 0.15) is 19.3 Å². The minimum atomic E-state index is -0.233. The summed E-state index contributed by atoms with van der Waals surface area (Å²) in [5, 5.41) is 12.3. The molecule has 0 aromatic heterocycles. The molecule has 0 amide bonds. The third-order valence-electron chi connectivity index (χ3n) is 3.95. The van der Waals surface area contributed by atoms with E-state index in [1.807, 2.05) is 6.07 Å². The van der Waals surface area contributed by atoms with E-state index in [9.17, 15) is 5.11 Å². The van der Waals surface area contributed by atoms with E-state index in [2.05, 4.69) is 29.3 Å². The van der Waals surface area contributed by atoms with E-state index in [1.54, 1.807) is 0 Å². The van der Waals surface area contributed by atoms with Gasteiger partial charge < -0.3 is 5.11 Å². The molecule has 1 unspecified atom stereocenters. The smallest absolute Gasteiger partial charge is 0.0762 e. The Labute approximate surface area is 99.3 Å². The number of benzene rings is 1. The molecule has 1 aliphatic heterocycles. The molecule has 3 aliphatic rings. The van der Waals surface area contributed by atoms with E-state index >= 15 is 0 Å². The van der Waals surface area contributed by atoms with Gasteiger partial charge in [0.1, 0.15) is 0 Å². The van der Waals surface area contributed by atoms with Crippen LogP contribution < -0.4 is 10.6 Å². The van der Waals surface area contributed by atoms with E-state index in [1.165, 1.54) is 21.9 Å². The van der Waals surface area contributed by atoms with Gasteiger partial charge in [-0.05, 0) is 36.5 Å². The molecular formula is C15H13NO. The van der Waals surface area contributed by atoms with E-state index in [-0.39, 0.29) is 6.10 Å². The SMILES string of the molecule is OC1CCC2=C1CC=C1N=c3ccccc3=C12. The molecule has 1 N–H and O–H groups in total. The predicted octanol–water partition coefficient (Wildman–Crippen LogP) is 1.21. The number of rotatable bonds is 0. The first-order chi connectivity index (χ1) is 8.34. The second kappa shape index (κ2) is 3.17. The van der Waals surface area contributed by atoms with Crippen LogP contribution in [0.15, 0.2) is 52.2 Å². The van der Waals surface area contributed by atoms with Gasteiger partial charge in [-0.1, -0.05) is 24.3 Å². The van der Waals surface area contributed by atoms with Crippen molar-refractivity contribution in [2.45, 2.75) is 25.4 Å². The molecule has 1 heterocycles. The highest BCUT2D eigenvalue weighted by Gasteiger charge is 2.31. The zero-order chi connectivity index (χ0) is 11.4. The van der Waals surface area contributed by atoms with Crippen molar-refractivity contribution in [3.05, 3.63) is 57.8 Å². The minimum absolute atomic E-state index is 0.233. The lowest BCUT2D eigenvalue weighted by molar-refractivity contribution is 0.210. The average molecular weight is 223 g/mol. The fourth-order valence-corrected chi connectivity index (χ4v) is 3.14. The number of hydrogen-bond donors (Lipinski definition) is 1. The zero-order valence-electron chi connectivity index (χ0n) is 9.48. The standard InChI is InChI=1S/C15H13NO/c17-14-8-6-10-9(14)5-7-13-15(10)11-3-1-2-4-12(11)16-13/h1-4,7,14,17H,5-6,8H2. The molecule has 1 atom stereocenters. The first-order valence-corrected chi connectivity index (χ1v) is 6.13. The van der Waals surface area contributed by atoms with Gasteiger partial charge in [0, 0.05) is 10.8 Å². The number of nitrogens with zero attached hydrogens (tertiary/aromatic N) is 1. The van der Waals surface area contributed by atoms with Crippen molar-refractivity contribution >= 4 is 5.57 Å². The highest BCUT2D eigenvalue weighted by molar-refractivity contribution is 5.82. The molecule has 0 bridgehead atoms. The van der Waals surface area contributed by atoms with E-state index in [4.69, 9.17) is 0 Å². The summed E-state index contributed by atoms with van der Waals surface area (Å²) in [6.07, 6.45) is 4.66. The molecule has 0 spiro atoms. The average Bonchev–Trinajstić information content (AvgIpc) is 2.90. The lowest BCUT2D eigenvalue weighted by Crippen LogP contribution is -2.22. The number of para-hydroxylation sites is 1. The van der Waals surface area contributed by atoms with Crippen LogP contribution in [-0.2, 0) is 0 Å². The maximum absolute atomic E-state index is 9.96. The Kier molecular flexibility index (Phi) is 1.75. The highest BCUT2D eigenvalue weighted by Crippen LogP contribution is 2.41. The molecule has 84 valence electrons. The fraction of sp³-hybridized carbons (Fsp3) is 0.267. The molecule has 2 heteroatoms. The summed E-state index contributed by atoms with van der Waals surface area (Å²) in [5.41, 5.74) is 4.96. The van der Waals surface area contributed by atoms with Gasteiger partial charge in [0.25, 0.3) is 0 Å². The zero-order valence-corrected chi connectivity index (χ0v) is 9.48. The van der Waals surface area contributed by atoms with Gasteiger partial charge in [-0.25, -0.2) is 4.99 Å². The molecule has 1 aromatic carbocycles. The molecule has 0 radical (unpaired) electrons. The summed E-state index contributed by atoms with van der Waals surface area (Å²) >= 11 is 0. The summed E-state index contributed by atoms with van der Waals surface area (Å²) in [4.78, 5) is 4.67. The van der Waals surface area contributed by atoms with Crippen molar-refractivity contribution in [1.29, 1.82) is 0 Å². The summed E-state index contributed by atoms with van der Waals surface area (Å²) < 4.78 is 0. The topological polar surface area (TPSA) is 32.6 Å². The van der Waals surface area contributed by atoms with E-state index in [0.29, 0.717) is 0 Å². The van der Waals surface area contributed by atoms with Gasteiger partial charge >= 0.3 is 0 Å². The number of allylic oxidation sites excluding steroid dienone is 2. The van der Waals surface area contributed by atoms with Crippen LogP contribution in [0.2, 0.25) is 0 Å². The number of aliphatic hydroxyl groups is 1. The molecule has 0 fully saturated rings. The Hall–Kier alpha value is -1.67. The van der Waals surface area contributed by atoms with Crippen molar-refractivity contribution in [2.24, 2.45) is 4.99 Å². The minimum Gasteiger partial charge on any atom is -0.389 e. The Morgan fingerprint density at radius 3 is 3.06 bits per heavy atom. The highest BCUT2D eigenvalue weighted by atomic mass is 16.3. The van der Waals surface area contributed by atoms with Gasteiger partial charge in [0.05, 0.1) is 17.2 Å². The predicted molar refractivity (Wildman–Crippen MR) is 65.6 cm³/mol. The molecule has 2 nitrogen and oxygen atoms in total. The Morgan fingerprint density at radius 2 is 2.12 bits per heavy atom. The summed E-state index contributed by atoms with van der Waals surface area (Å²) in [7, 11) is 0. The first-order valence-electron chi connectivity index (χ1n) is 6.13. The van der Waals surface area contributed by atoms with E-state index in [0.717, 1.165) is 30.3 Å². The Balaban J connectivity index is 2.09. The van der Waals surface area contributed by atoms with Crippen molar-refractivity contribution < 1.29 is 5.11 Å². The molecular weight excluding hydrogens is 210 g/mol. The summed E-state index contributed by atoms with van der Waals surface area (Å²) in [6.45, 7) is 0. The first kappa shape index (κ1) is 9.37. The molecule has 0 saturated carbocycles. The molecule has 1 aromatic rings. The maximum atomic E-state index is 9.96.